The molecule has 1 atom stereocenters. The van der Waals surface area contributed by atoms with Crippen molar-refractivity contribution in [3.8, 4) is 11.5 Å². The number of hydrogen-bond donors (Lipinski definition) is 2. The van der Waals surface area contributed by atoms with E-state index in [1.54, 1.807) is 0 Å². The van der Waals surface area contributed by atoms with Gasteiger partial charge >= 0.3 is 18.6 Å². The minimum Gasteiger partial charge on any atom is -0.493 e. The number of halogens is 2. The number of esters is 1. The van der Waals surface area contributed by atoms with Crippen LogP contribution in [0, 0.1) is 0 Å². The summed E-state index contributed by atoms with van der Waals surface area (Å²) in [5.41, 5.74) is 0.828. The SMILES string of the molecule is COC(=O)C1=C(C)NC(=O)NC1c1ccc(OC)c(OC(F)F)c1. The smallest absolute Gasteiger partial charge is 0.387 e. The maximum Gasteiger partial charge on any atom is 0.387 e. The van der Waals surface area contributed by atoms with Crippen molar-refractivity contribution in [2.75, 3.05) is 14.2 Å². The van der Waals surface area contributed by atoms with Gasteiger partial charge in [0.15, 0.2) is 11.5 Å². The van der Waals surface area contributed by atoms with Crippen molar-refractivity contribution in [2.24, 2.45) is 0 Å². The maximum atomic E-state index is 12.6. The van der Waals surface area contributed by atoms with Gasteiger partial charge in [-0.05, 0) is 24.6 Å². The first-order chi connectivity index (χ1) is 11.4. The molecule has 0 aromatic heterocycles. The molecule has 0 aliphatic carbocycles. The summed E-state index contributed by atoms with van der Waals surface area (Å²) >= 11 is 0. The predicted octanol–water partition coefficient (Wildman–Crippen LogP) is 2.10. The molecule has 24 heavy (non-hydrogen) atoms. The highest BCUT2D eigenvalue weighted by atomic mass is 19.3. The summed E-state index contributed by atoms with van der Waals surface area (Å²) in [7, 11) is 2.51. The first-order valence-corrected chi connectivity index (χ1v) is 6.86. The highest BCUT2D eigenvalue weighted by Crippen LogP contribution is 2.35. The molecule has 1 aromatic carbocycles. The molecular formula is C15H16F2N2O5. The van der Waals surface area contributed by atoms with Crippen LogP contribution in [-0.2, 0) is 9.53 Å². The van der Waals surface area contributed by atoms with Crippen molar-refractivity contribution < 1.29 is 32.6 Å². The maximum absolute atomic E-state index is 12.6. The quantitative estimate of drug-likeness (QED) is 0.801. The number of hydrogen-bond acceptors (Lipinski definition) is 5. The van der Waals surface area contributed by atoms with E-state index in [2.05, 4.69) is 15.4 Å². The summed E-state index contributed by atoms with van der Waals surface area (Å²) < 4.78 is 39.2. The van der Waals surface area contributed by atoms with Gasteiger partial charge in [-0.2, -0.15) is 8.78 Å². The van der Waals surface area contributed by atoms with Crippen LogP contribution in [-0.4, -0.2) is 32.8 Å². The molecule has 1 aromatic rings. The number of amides is 2. The average Bonchev–Trinajstić information content (AvgIpc) is 2.52. The van der Waals surface area contributed by atoms with Crippen LogP contribution in [0.5, 0.6) is 11.5 Å². The Bertz CT molecular complexity index is 690. The Morgan fingerprint density at radius 1 is 1.25 bits per heavy atom. The number of rotatable bonds is 5. The van der Waals surface area contributed by atoms with Gasteiger partial charge in [0, 0.05) is 5.70 Å². The van der Waals surface area contributed by atoms with Gasteiger partial charge in [-0.3, -0.25) is 0 Å². The number of ether oxygens (including phenoxy) is 3. The number of carbonyl (C=O) groups is 2. The number of carbonyl (C=O) groups excluding carboxylic acids is 2. The van der Waals surface area contributed by atoms with E-state index >= 15 is 0 Å². The number of methoxy groups -OCH3 is 2. The molecular weight excluding hydrogens is 326 g/mol. The van der Waals surface area contributed by atoms with Crippen molar-refractivity contribution in [1.82, 2.24) is 10.6 Å². The zero-order valence-corrected chi connectivity index (χ0v) is 13.2. The summed E-state index contributed by atoms with van der Waals surface area (Å²) in [5.74, 6) is -0.767. The Labute approximate surface area is 136 Å². The lowest BCUT2D eigenvalue weighted by molar-refractivity contribution is -0.136. The van der Waals surface area contributed by atoms with Gasteiger partial charge in [0.2, 0.25) is 0 Å². The molecule has 0 radical (unpaired) electrons. The highest BCUT2D eigenvalue weighted by molar-refractivity contribution is 5.94. The molecule has 1 unspecified atom stereocenters. The second-order valence-electron chi connectivity index (χ2n) is 4.85. The molecule has 0 spiro atoms. The summed E-state index contributed by atoms with van der Waals surface area (Å²) in [4.78, 5) is 23.7. The Morgan fingerprint density at radius 2 is 1.96 bits per heavy atom. The standard InChI is InChI=1S/C15H16F2N2O5/c1-7-11(13(20)23-3)12(19-15(21)18-7)8-4-5-9(22-2)10(6-8)24-14(16)17/h4-6,12,14H,1-3H3,(H2,18,19,21). The van der Waals surface area contributed by atoms with Gasteiger partial charge < -0.3 is 24.8 Å². The number of benzene rings is 1. The second-order valence-corrected chi connectivity index (χ2v) is 4.85. The number of nitrogens with one attached hydrogen (secondary N) is 2. The van der Waals surface area contributed by atoms with Crippen LogP contribution < -0.4 is 20.1 Å². The molecule has 0 fully saturated rings. The molecule has 1 aliphatic rings. The Hall–Kier alpha value is -2.84. The fourth-order valence-corrected chi connectivity index (χ4v) is 2.39. The minimum atomic E-state index is -3.05. The largest absolute Gasteiger partial charge is 0.493 e. The minimum absolute atomic E-state index is 0.0969. The van der Waals surface area contributed by atoms with Crippen LogP contribution in [0.2, 0.25) is 0 Å². The Balaban J connectivity index is 2.49. The first kappa shape index (κ1) is 17.5. The summed E-state index contributed by atoms with van der Waals surface area (Å²) in [6, 6.07) is 2.81. The van der Waals surface area contributed by atoms with E-state index in [0.29, 0.717) is 11.3 Å². The van der Waals surface area contributed by atoms with E-state index in [1.165, 1.54) is 39.3 Å². The Kier molecular flexibility index (Phi) is 5.22. The van der Waals surface area contributed by atoms with Crippen molar-refractivity contribution in [2.45, 2.75) is 19.6 Å². The van der Waals surface area contributed by atoms with Crippen LogP contribution in [0.25, 0.3) is 0 Å². The van der Waals surface area contributed by atoms with Gasteiger partial charge in [0.1, 0.15) is 0 Å². The van der Waals surface area contributed by atoms with Crippen LogP contribution >= 0.6 is 0 Å². The van der Waals surface area contributed by atoms with Crippen LogP contribution in [0.3, 0.4) is 0 Å². The summed E-state index contributed by atoms with van der Waals surface area (Å²) in [6.07, 6.45) is 0. The number of alkyl halides is 2. The molecule has 9 heteroatoms. The third kappa shape index (κ3) is 3.55. The zero-order valence-electron chi connectivity index (χ0n) is 13.2. The molecule has 0 saturated carbocycles. The second kappa shape index (κ2) is 7.16. The Morgan fingerprint density at radius 3 is 2.54 bits per heavy atom. The first-order valence-electron chi connectivity index (χ1n) is 6.86. The highest BCUT2D eigenvalue weighted by Gasteiger charge is 2.32. The molecule has 2 N–H and O–H groups in total. The van der Waals surface area contributed by atoms with E-state index in [0.717, 1.165) is 0 Å². The van der Waals surface area contributed by atoms with Crippen molar-refractivity contribution in [3.63, 3.8) is 0 Å². The van der Waals surface area contributed by atoms with Gasteiger partial charge in [-0.25, -0.2) is 9.59 Å². The third-order valence-electron chi connectivity index (χ3n) is 3.41. The fraction of sp³-hybridized carbons (Fsp3) is 0.333. The summed E-state index contributed by atoms with van der Waals surface area (Å²) in [6.45, 7) is -1.51. The molecule has 7 nitrogen and oxygen atoms in total. The van der Waals surface area contributed by atoms with E-state index in [9.17, 15) is 18.4 Å². The third-order valence-corrected chi connectivity index (χ3v) is 3.41. The molecule has 2 rings (SSSR count). The van der Waals surface area contributed by atoms with E-state index in [4.69, 9.17) is 9.47 Å². The number of urea groups is 1. The topological polar surface area (TPSA) is 85.9 Å². The molecule has 0 bridgehead atoms. The van der Waals surface area contributed by atoms with Gasteiger partial charge in [0.05, 0.1) is 25.8 Å². The van der Waals surface area contributed by atoms with Crippen LogP contribution in [0.1, 0.15) is 18.5 Å². The van der Waals surface area contributed by atoms with Crippen LogP contribution in [0.15, 0.2) is 29.5 Å². The van der Waals surface area contributed by atoms with Crippen molar-refractivity contribution in [3.05, 3.63) is 35.0 Å². The number of allylic oxidation sites excluding steroid dienone is 1. The van der Waals surface area contributed by atoms with Gasteiger partial charge in [-0.1, -0.05) is 6.07 Å². The van der Waals surface area contributed by atoms with Crippen molar-refractivity contribution in [1.29, 1.82) is 0 Å². The van der Waals surface area contributed by atoms with Gasteiger partial charge in [-0.15, -0.1) is 0 Å². The fourth-order valence-electron chi connectivity index (χ4n) is 2.39. The summed E-state index contributed by atoms with van der Waals surface area (Å²) in [5, 5.41) is 5.02. The normalized spacial score (nSPS) is 17.2. The molecule has 0 saturated heterocycles. The van der Waals surface area contributed by atoms with E-state index < -0.39 is 24.7 Å². The van der Waals surface area contributed by atoms with Gasteiger partial charge in [0.25, 0.3) is 0 Å². The lowest BCUT2D eigenvalue weighted by Gasteiger charge is -2.28. The molecule has 130 valence electrons. The lowest BCUT2D eigenvalue weighted by atomic mass is 9.95. The van der Waals surface area contributed by atoms with E-state index in [-0.39, 0.29) is 17.1 Å². The molecule has 1 heterocycles. The van der Waals surface area contributed by atoms with E-state index in [1.807, 2.05) is 0 Å². The molecule has 1 aliphatic heterocycles. The lowest BCUT2D eigenvalue weighted by Crippen LogP contribution is -2.45. The monoisotopic (exact) mass is 342 g/mol. The van der Waals surface area contributed by atoms with Crippen molar-refractivity contribution >= 4 is 12.0 Å². The molecule has 2 amide bonds. The van der Waals surface area contributed by atoms with Crippen LogP contribution in [0.4, 0.5) is 13.6 Å². The zero-order chi connectivity index (χ0) is 17.9. The predicted molar refractivity (Wildman–Crippen MR) is 78.8 cm³/mol. The average molecular weight is 342 g/mol.